The number of hydrogen-bond acceptors (Lipinski definition) is 2. The van der Waals surface area contributed by atoms with Crippen molar-refractivity contribution >= 4 is 38.6 Å². The standard InChI is InChI=1S/C15H20BrClFN3/c1-10(2)20(3)5-4-6-21-14-7-11(16)12(18)8-13(14)19-15(21)9-17/h7-8,10H,4-6,9H2,1-3H3. The molecule has 0 saturated heterocycles. The molecule has 0 fully saturated rings. The number of hydrogen-bond donors (Lipinski definition) is 0. The van der Waals surface area contributed by atoms with Gasteiger partial charge in [-0.15, -0.1) is 11.6 Å². The van der Waals surface area contributed by atoms with Gasteiger partial charge in [-0.05, 0) is 55.9 Å². The molecule has 0 aliphatic heterocycles. The number of aryl methyl sites for hydroxylation is 1. The molecule has 0 saturated carbocycles. The summed E-state index contributed by atoms with van der Waals surface area (Å²) in [5, 5.41) is 0. The Kier molecular flexibility index (Phi) is 5.63. The summed E-state index contributed by atoms with van der Waals surface area (Å²) in [5.41, 5.74) is 1.58. The van der Waals surface area contributed by atoms with Crippen molar-refractivity contribution in [2.24, 2.45) is 0 Å². The van der Waals surface area contributed by atoms with Crippen LogP contribution in [0.4, 0.5) is 4.39 Å². The highest BCUT2D eigenvalue weighted by Crippen LogP contribution is 2.25. The lowest BCUT2D eigenvalue weighted by atomic mass is 10.3. The van der Waals surface area contributed by atoms with E-state index in [1.807, 2.05) is 0 Å². The number of alkyl halides is 1. The second-order valence-electron chi connectivity index (χ2n) is 5.50. The van der Waals surface area contributed by atoms with Gasteiger partial charge in [0.15, 0.2) is 0 Å². The summed E-state index contributed by atoms with van der Waals surface area (Å²) < 4.78 is 16.1. The van der Waals surface area contributed by atoms with Crippen LogP contribution in [0.15, 0.2) is 16.6 Å². The molecule has 0 atom stereocenters. The van der Waals surface area contributed by atoms with Gasteiger partial charge >= 0.3 is 0 Å². The summed E-state index contributed by atoms with van der Waals surface area (Å²) in [5.74, 6) is 0.817. The zero-order valence-electron chi connectivity index (χ0n) is 12.5. The van der Waals surface area contributed by atoms with Crippen LogP contribution in [0.25, 0.3) is 11.0 Å². The number of fused-ring (bicyclic) bond motifs is 1. The van der Waals surface area contributed by atoms with Crippen LogP contribution in [0.3, 0.4) is 0 Å². The molecule has 2 aromatic rings. The van der Waals surface area contributed by atoms with E-state index < -0.39 is 0 Å². The van der Waals surface area contributed by atoms with Gasteiger partial charge in [0.2, 0.25) is 0 Å². The molecule has 2 rings (SSSR count). The summed E-state index contributed by atoms with van der Waals surface area (Å²) in [6.45, 7) is 6.18. The first-order valence-electron chi connectivity index (χ1n) is 7.04. The Labute approximate surface area is 138 Å². The van der Waals surface area contributed by atoms with E-state index in [1.165, 1.54) is 6.07 Å². The topological polar surface area (TPSA) is 21.1 Å². The third kappa shape index (κ3) is 3.76. The van der Waals surface area contributed by atoms with Crippen LogP contribution in [-0.4, -0.2) is 34.1 Å². The van der Waals surface area contributed by atoms with Gasteiger partial charge in [-0.25, -0.2) is 9.37 Å². The van der Waals surface area contributed by atoms with Crippen LogP contribution in [0, 0.1) is 5.82 Å². The molecule has 1 heterocycles. The van der Waals surface area contributed by atoms with Crippen LogP contribution < -0.4 is 0 Å². The lowest BCUT2D eigenvalue weighted by molar-refractivity contribution is 0.265. The molecule has 116 valence electrons. The zero-order chi connectivity index (χ0) is 15.6. The molecule has 0 aliphatic rings. The molecule has 0 radical (unpaired) electrons. The zero-order valence-corrected chi connectivity index (χ0v) is 14.9. The molecule has 0 aliphatic carbocycles. The van der Waals surface area contributed by atoms with Crippen molar-refractivity contribution in [1.82, 2.24) is 14.5 Å². The molecule has 0 unspecified atom stereocenters. The highest BCUT2D eigenvalue weighted by atomic mass is 79.9. The van der Waals surface area contributed by atoms with E-state index in [4.69, 9.17) is 11.6 Å². The van der Waals surface area contributed by atoms with E-state index in [0.717, 1.165) is 30.9 Å². The van der Waals surface area contributed by atoms with Crippen molar-refractivity contribution < 1.29 is 4.39 Å². The number of halogens is 3. The molecule has 21 heavy (non-hydrogen) atoms. The van der Waals surface area contributed by atoms with Gasteiger partial charge in [0, 0.05) is 18.7 Å². The van der Waals surface area contributed by atoms with Gasteiger partial charge in [0.1, 0.15) is 11.6 Å². The SMILES string of the molecule is CC(C)N(C)CCCn1c(CCl)nc2cc(F)c(Br)cc21. The molecule has 3 nitrogen and oxygen atoms in total. The monoisotopic (exact) mass is 375 g/mol. The van der Waals surface area contributed by atoms with Gasteiger partial charge in [0.05, 0.1) is 21.4 Å². The number of benzene rings is 1. The van der Waals surface area contributed by atoms with E-state index in [1.54, 1.807) is 6.07 Å². The molecule has 0 N–H and O–H groups in total. The first-order valence-corrected chi connectivity index (χ1v) is 8.37. The maximum Gasteiger partial charge on any atom is 0.139 e. The maximum atomic E-state index is 13.6. The third-order valence-electron chi connectivity index (χ3n) is 3.76. The Morgan fingerprint density at radius 1 is 1.43 bits per heavy atom. The van der Waals surface area contributed by atoms with Crippen molar-refractivity contribution in [3.05, 3.63) is 28.2 Å². The third-order valence-corrected chi connectivity index (χ3v) is 4.61. The summed E-state index contributed by atoms with van der Waals surface area (Å²) in [7, 11) is 2.12. The Bertz CT molecular complexity index is 627. The minimum atomic E-state index is -0.298. The quantitative estimate of drug-likeness (QED) is 0.696. The van der Waals surface area contributed by atoms with E-state index in [9.17, 15) is 4.39 Å². The summed E-state index contributed by atoms with van der Waals surface area (Å²) in [6.07, 6.45) is 0.999. The van der Waals surface area contributed by atoms with Crippen LogP contribution in [0.5, 0.6) is 0 Å². The van der Waals surface area contributed by atoms with Crippen LogP contribution in [-0.2, 0) is 12.4 Å². The van der Waals surface area contributed by atoms with Crippen molar-refractivity contribution in [1.29, 1.82) is 0 Å². The highest BCUT2D eigenvalue weighted by Gasteiger charge is 2.13. The van der Waals surface area contributed by atoms with Crippen molar-refractivity contribution in [3.63, 3.8) is 0 Å². The Hall–Kier alpha value is -0.650. The van der Waals surface area contributed by atoms with Gasteiger partial charge < -0.3 is 9.47 Å². The Morgan fingerprint density at radius 2 is 2.14 bits per heavy atom. The average molecular weight is 377 g/mol. The molecule has 0 amide bonds. The Morgan fingerprint density at radius 3 is 2.76 bits per heavy atom. The summed E-state index contributed by atoms with van der Waals surface area (Å²) >= 11 is 9.21. The molecule has 1 aromatic carbocycles. The van der Waals surface area contributed by atoms with E-state index in [0.29, 0.717) is 21.9 Å². The predicted octanol–water partition coefficient (Wildman–Crippen LogP) is 4.41. The number of aromatic nitrogens is 2. The van der Waals surface area contributed by atoms with Crippen molar-refractivity contribution in [2.75, 3.05) is 13.6 Å². The lowest BCUT2D eigenvalue weighted by Crippen LogP contribution is -2.28. The van der Waals surface area contributed by atoms with Crippen LogP contribution in [0.1, 0.15) is 26.1 Å². The predicted molar refractivity (Wildman–Crippen MR) is 89.3 cm³/mol. The molecule has 1 aromatic heterocycles. The minimum absolute atomic E-state index is 0.298. The van der Waals surface area contributed by atoms with Crippen LogP contribution in [0.2, 0.25) is 0 Å². The molecule has 6 heteroatoms. The molecule has 0 bridgehead atoms. The highest BCUT2D eigenvalue weighted by molar-refractivity contribution is 9.10. The molecule has 0 spiro atoms. The first kappa shape index (κ1) is 16.7. The van der Waals surface area contributed by atoms with Gasteiger partial charge in [0.25, 0.3) is 0 Å². The van der Waals surface area contributed by atoms with Gasteiger partial charge in [-0.1, -0.05) is 0 Å². The summed E-state index contributed by atoms with van der Waals surface area (Å²) in [6, 6.07) is 3.76. The fourth-order valence-electron chi connectivity index (χ4n) is 2.26. The molecular formula is C15H20BrClFN3. The number of imidazole rings is 1. The van der Waals surface area contributed by atoms with E-state index >= 15 is 0 Å². The van der Waals surface area contributed by atoms with Gasteiger partial charge in [-0.3, -0.25) is 0 Å². The second kappa shape index (κ2) is 7.07. The number of rotatable bonds is 6. The van der Waals surface area contributed by atoms with Crippen LogP contribution >= 0.6 is 27.5 Å². The molecular weight excluding hydrogens is 357 g/mol. The Balaban J connectivity index is 2.23. The maximum absolute atomic E-state index is 13.6. The van der Waals surface area contributed by atoms with Crippen molar-refractivity contribution in [3.8, 4) is 0 Å². The lowest BCUT2D eigenvalue weighted by Gasteiger charge is -2.21. The smallest absolute Gasteiger partial charge is 0.139 e. The number of nitrogens with zero attached hydrogens (tertiary/aromatic N) is 3. The fourth-order valence-corrected chi connectivity index (χ4v) is 2.79. The summed E-state index contributed by atoms with van der Waals surface area (Å²) in [4.78, 5) is 6.72. The normalized spacial score (nSPS) is 12.0. The largest absolute Gasteiger partial charge is 0.327 e. The first-order chi connectivity index (χ1) is 9.93. The average Bonchev–Trinajstić information content (AvgIpc) is 2.76. The van der Waals surface area contributed by atoms with E-state index in [2.05, 4.69) is 51.3 Å². The minimum Gasteiger partial charge on any atom is -0.327 e. The van der Waals surface area contributed by atoms with Crippen molar-refractivity contribution in [2.45, 2.75) is 38.7 Å². The van der Waals surface area contributed by atoms with Gasteiger partial charge in [-0.2, -0.15) is 0 Å². The van der Waals surface area contributed by atoms with E-state index in [-0.39, 0.29) is 5.82 Å². The second-order valence-corrected chi connectivity index (χ2v) is 6.62. The fraction of sp³-hybridized carbons (Fsp3) is 0.533.